The first-order valence-electron chi connectivity index (χ1n) is 8.49. The lowest BCUT2D eigenvalue weighted by Gasteiger charge is -2.35. The van der Waals surface area contributed by atoms with Crippen LogP contribution in [0.15, 0.2) is 0 Å². The van der Waals surface area contributed by atoms with Crippen LogP contribution in [-0.4, -0.2) is 74.9 Å². The Morgan fingerprint density at radius 1 is 0.952 bits per heavy atom. The number of carbonyl (C=O) groups excluding carboxylic acids is 1. The van der Waals surface area contributed by atoms with E-state index in [4.69, 9.17) is 9.47 Å². The highest BCUT2D eigenvalue weighted by Crippen LogP contribution is 2.22. The molecule has 0 bridgehead atoms. The largest absolute Gasteiger partial charge is 0.381 e. The predicted molar refractivity (Wildman–Crippen MR) is 80.1 cm³/mol. The van der Waals surface area contributed by atoms with Gasteiger partial charge in [-0.2, -0.15) is 0 Å². The molecule has 3 fully saturated rings. The highest BCUT2D eigenvalue weighted by atomic mass is 16.5. The fourth-order valence-corrected chi connectivity index (χ4v) is 3.62. The Balaban J connectivity index is 1.36. The third kappa shape index (κ3) is 4.18. The van der Waals surface area contributed by atoms with Gasteiger partial charge in [0.05, 0.1) is 13.2 Å². The van der Waals surface area contributed by atoms with Crippen LogP contribution in [-0.2, 0) is 14.3 Å². The number of hydrogen-bond acceptors (Lipinski definition) is 4. The SMILES string of the molecule is O=C(C1CCN(CCC2CCOC2)CC1)N1CCOCC1. The molecule has 0 aliphatic carbocycles. The highest BCUT2D eigenvalue weighted by molar-refractivity contribution is 5.79. The third-order valence-corrected chi connectivity index (χ3v) is 5.14. The molecule has 3 aliphatic rings. The van der Waals surface area contributed by atoms with Crippen LogP contribution in [0.2, 0.25) is 0 Å². The maximum atomic E-state index is 12.5. The van der Waals surface area contributed by atoms with E-state index in [1.54, 1.807) is 0 Å². The van der Waals surface area contributed by atoms with Gasteiger partial charge in [-0.1, -0.05) is 0 Å². The second kappa shape index (κ2) is 7.56. The van der Waals surface area contributed by atoms with Crippen LogP contribution in [0.5, 0.6) is 0 Å². The molecule has 3 aliphatic heterocycles. The summed E-state index contributed by atoms with van der Waals surface area (Å²) < 4.78 is 10.8. The van der Waals surface area contributed by atoms with E-state index in [1.165, 1.54) is 19.4 Å². The van der Waals surface area contributed by atoms with Crippen molar-refractivity contribution in [1.29, 1.82) is 0 Å². The number of carbonyl (C=O) groups is 1. The molecule has 1 unspecified atom stereocenters. The van der Waals surface area contributed by atoms with Gasteiger partial charge in [-0.25, -0.2) is 0 Å². The maximum absolute atomic E-state index is 12.5. The summed E-state index contributed by atoms with van der Waals surface area (Å²) >= 11 is 0. The molecule has 0 N–H and O–H groups in total. The number of piperidine rings is 1. The van der Waals surface area contributed by atoms with Gasteiger partial charge in [0.2, 0.25) is 5.91 Å². The van der Waals surface area contributed by atoms with Crippen molar-refractivity contribution in [3.05, 3.63) is 0 Å². The second-order valence-corrected chi connectivity index (χ2v) is 6.57. The van der Waals surface area contributed by atoms with Crippen molar-refractivity contribution in [1.82, 2.24) is 9.80 Å². The number of ether oxygens (including phenoxy) is 2. The summed E-state index contributed by atoms with van der Waals surface area (Å²) in [7, 11) is 0. The van der Waals surface area contributed by atoms with Crippen molar-refractivity contribution in [3.8, 4) is 0 Å². The summed E-state index contributed by atoms with van der Waals surface area (Å²) in [5, 5.41) is 0. The topological polar surface area (TPSA) is 42.0 Å². The van der Waals surface area contributed by atoms with Crippen molar-refractivity contribution in [2.24, 2.45) is 11.8 Å². The van der Waals surface area contributed by atoms with E-state index in [0.717, 1.165) is 58.2 Å². The van der Waals surface area contributed by atoms with Crippen molar-refractivity contribution in [2.45, 2.75) is 25.7 Å². The Morgan fingerprint density at radius 2 is 1.71 bits per heavy atom. The van der Waals surface area contributed by atoms with Crippen molar-refractivity contribution >= 4 is 5.91 Å². The summed E-state index contributed by atoms with van der Waals surface area (Å²) in [5.74, 6) is 1.37. The minimum atomic E-state index is 0.245. The quantitative estimate of drug-likeness (QED) is 0.776. The second-order valence-electron chi connectivity index (χ2n) is 6.57. The van der Waals surface area contributed by atoms with Gasteiger partial charge in [-0.3, -0.25) is 4.79 Å². The standard InChI is InChI=1S/C16H28N2O3/c19-16(18-8-11-20-12-9-18)15-2-6-17(7-3-15)5-1-14-4-10-21-13-14/h14-15H,1-13H2. The molecular weight excluding hydrogens is 268 g/mol. The molecule has 3 saturated heterocycles. The van der Waals surface area contributed by atoms with Crippen LogP contribution in [0.25, 0.3) is 0 Å². The summed E-state index contributed by atoms with van der Waals surface area (Å²) in [6.45, 7) is 8.19. The number of morpholine rings is 1. The Hall–Kier alpha value is -0.650. The van der Waals surface area contributed by atoms with E-state index >= 15 is 0 Å². The molecule has 0 saturated carbocycles. The molecule has 5 heteroatoms. The Morgan fingerprint density at radius 3 is 2.38 bits per heavy atom. The molecular formula is C16H28N2O3. The molecule has 3 rings (SSSR count). The molecule has 1 amide bonds. The van der Waals surface area contributed by atoms with Gasteiger partial charge < -0.3 is 19.3 Å². The summed E-state index contributed by atoms with van der Waals surface area (Å²) in [6, 6.07) is 0. The van der Waals surface area contributed by atoms with Gasteiger partial charge in [0, 0.05) is 32.2 Å². The Kier molecular flexibility index (Phi) is 5.49. The van der Waals surface area contributed by atoms with Gasteiger partial charge in [-0.15, -0.1) is 0 Å². The van der Waals surface area contributed by atoms with Crippen molar-refractivity contribution in [2.75, 3.05) is 59.2 Å². The van der Waals surface area contributed by atoms with Crippen LogP contribution in [0.1, 0.15) is 25.7 Å². The van der Waals surface area contributed by atoms with Gasteiger partial charge in [0.1, 0.15) is 0 Å². The van der Waals surface area contributed by atoms with E-state index in [1.807, 2.05) is 4.90 Å². The molecule has 1 atom stereocenters. The van der Waals surface area contributed by atoms with E-state index in [2.05, 4.69) is 4.90 Å². The average molecular weight is 296 g/mol. The number of rotatable bonds is 4. The molecule has 21 heavy (non-hydrogen) atoms. The van der Waals surface area contributed by atoms with Crippen LogP contribution >= 0.6 is 0 Å². The fourth-order valence-electron chi connectivity index (χ4n) is 3.62. The summed E-state index contributed by atoms with van der Waals surface area (Å²) in [6.07, 6.45) is 4.53. The number of likely N-dealkylation sites (tertiary alicyclic amines) is 1. The zero-order chi connectivity index (χ0) is 14.5. The fraction of sp³-hybridized carbons (Fsp3) is 0.938. The normalized spacial score (nSPS) is 29.0. The van der Waals surface area contributed by atoms with Crippen LogP contribution in [0, 0.1) is 11.8 Å². The minimum absolute atomic E-state index is 0.245. The summed E-state index contributed by atoms with van der Waals surface area (Å²) in [5.41, 5.74) is 0. The summed E-state index contributed by atoms with van der Waals surface area (Å²) in [4.78, 5) is 17.0. The predicted octanol–water partition coefficient (Wildman–Crippen LogP) is 0.984. The van der Waals surface area contributed by atoms with Crippen molar-refractivity contribution in [3.63, 3.8) is 0 Å². The lowest BCUT2D eigenvalue weighted by atomic mass is 9.94. The number of amides is 1. The lowest BCUT2D eigenvalue weighted by molar-refractivity contribution is -0.141. The van der Waals surface area contributed by atoms with E-state index in [-0.39, 0.29) is 5.92 Å². The molecule has 5 nitrogen and oxygen atoms in total. The molecule has 0 radical (unpaired) electrons. The lowest BCUT2D eigenvalue weighted by Crippen LogP contribution is -2.47. The number of hydrogen-bond donors (Lipinski definition) is 0. The Labute approximate surface area is 127 Å². The zero-order valence-corrected chi connectivity index (χ0v) is 13.0. The van der Waals surface area contributed by atoms with Crippen LogP contribution in [0.4, 0.5) is 0 Å². The first kappa shape index (κ1) is 15.3. The smallest absolute Gasteiger partial charge is 0.225 e. The van der Waals surface area contributed by atoms with Crippen LogP contribution < -0.4 is 0 Å². The molecule has 0 aromatic rings. The van der Waals surface area contributed by atoms with Crippen LogP contribution in [0.3, 0.4) is 0 Å². The third-order valence-electron chi connectivity index (χ3n) is 5.14. The molecule has 0 aromatic heterocycles. The van der Waals surface area contributed by atoms with Gasteiger partial charge in [-0.05, 0) is 51.2 Å². The first-order chi connectivity index (χ1) is 10.3. The first-order valence-corrected chi connectivity index (χ1v) is 8.49. The van der Waals surface area contributed by atoms with Gasteiger partial charge >= 0.3 is 0 Å². The molecule has 120 valence electrons. The average Bonchev–Trinajstić information content (AvgIpc) is 3.07. The Bertz CT molecular complexity index is 330. The van der Waals surface area contributed by atoms with E-state index < -0.39 is 0 Å². The van der Waals surface area contributed by atoms with Gasteiger partial charge in [0.25, 0.3) is 0 Å². The van der Waals surface area contributed by atoms with Crippen molar-refractivity contribution < 1.29 is 14.3 Å². The number of nitrogens with zero attached hydrogens (tertiary/aromatic N) is 2. The van der Waals surface area contributed by atoms with E-state index in [0.29, 0.717) is 19.1 Å². The van der Waals surface area contributed by atoms with Gasteiger partial charge in [0.15, 0.2) is 0 Å². The maximum Gasteiger partial charge on any atom is 0.225 e. The van der Waals surface area contributed by atoms with E-state index in [9.17, 15) is 4.79 Å². The molecule has 0 spiro atoms. The minimum Gasteiger partial charge on any atom is -0.381 e. The molecule has 0 aromatic carbocycles. The monoisotopic (exact) mass is 296 g/mol. The zero-order valence-electron chi connectivity index (χ0n) is 13.0. The molecule has 3 heterocycles. The highest BCUT2D eigenvalue weighted by Gasteiger charge is 2.29.